The summed E-state index contributed by atoms with van der Waals surface area (Å²) in [5, 5.41) is 8.45. The summed E-state index contributed by atoms with van der Waals surface area (Å²) in [6, 6.07) is 11.6. The molecule has 0 unspecified atom stereocenters. The first-order valence-corrected chi connectivity index (χ1v) is 10.2. The predicted molar refractivity (Wildman–Crippen MR) is 118 cm³/mol. The summed E-state index contributed by atoms with van der Waals surface area (Å²) >= 11 is 18.8. The Hall–Kier alpha value is -3.20. The molecule has 0 aliphatic rings. The minimum Gasteiger partial charge on any atom is -0.387 e. The van der Waals surface area contributed by atoms with Crippen molar-refractivity contribution in [1.29, 1.82) is 0 Å². The molecule has 32 heavy (non-hydrogen) atoms. The molecule has 0 spiro atoms. The molecule has 0 aliphatic heterocycles. The number of oxime groups is 1. The standard InChI is InChI=1S/C21H12Cl3FN4O3/c22-15-2-1-3-16(23)21(15)29-9-12(4-7-19(29)30)20(14-6-5-13(25)8-17(14)24)28-31-10-18-26-11-32-27-18/h1-9,11H,10H2. The number of hydrogen-bond donors (Lipinski definition) is 0. The van der Waals surface area contributed by atoms with Crippen LogP contribution in [0, 0.1) is 5.82 Å². The highest BCUT2D eigenvalue weighted by molar-refractivity contribution is 6.38. The summed E-state index contributed by atoms with van der Waals surface area (Å²) in [6.45, 7) is -0.0885. The Morgan fingerprint density at radius 3 is 2.56 bits per heavy atom. The fourth-order valence-electron chi connectivity index (χ4n) is 2.87. The molecule has 7 nitrogen and oxygen atoms in total. The van der Waals surface area contributed by atoms with Crippen LogP contribution in [-0.2, 0) is 11.4 Å². The van der Waals surface area contributed by atoms with Gasteiger partial charge in [0, 0.05) is 23.4 Å². The van der Waals surface area contributed by atoms with E-state index in [0.29, 0.717) is 16.8 Å². The third kappa shape index (κ3) is 4.67. The van der Waals surface area contributed by atoms with Crippen LogP contribution in [0.15, 0.2) is 75.6 Å². The molecule has 0 saturated carbocycles. The first kappa shape index (κ1) is 22.0. The maximum absolute atomic E-state index is 13.6. The zero-order valence-corrected chi connectivity index (χ0v) is 18.3. The molecule has 0 radical (unpaired) electrons. The van der Waals surface area contributed by atoms with Gasteiger partial charge in [-0.1, -0.05) is 51.2 Å². The summed E-state index contributed by atoms with van der Waals surface area (Å²) in [5.41, 5.74) is 0.968. The second-order valence-electron chi connectivity index (χ2n) is 6.38. The van der Waals surface area contributed by atoms with Crippen LogP contribution in [0.4, 0.5) is 4.39 Å². The number of aromatic nitrogens is 3. The highest BCUT2D eigenvalue weighted by Crippen LogP contribution is 2.28. The zero-order valence-electron chi connectivity index (χ0n) is 16.0. The van der Waals surface area contributed by atoms with E-state index in [9.17, 15) is 9.18 Å². The number of pyridine rings is 1. The number of para-hydroxylation sites is 1. The lowest BCUT2D eigenvalue weighted by Gasteiger charge is -2.13. The topological polar surface area (TPSA) is 82.5 Å². The lowest BCUT2D eigenvalue weighted by molar-refractivity contribution is 0.123. The Morgan fingerprint density at radius 2 is 1.88 bits per heavy atom. The molecule has 0 atom stereocenters. The average molecular weight is 494 g/mol. The van der Waals surface area contributed by atoms with E-state index in [1.807, 2.05) is 0 Å². The van der Waals surface area contributed by atoms with E-state index in [4.69, 9.17) is 39.6 Å². The van der Waals surface area contributed by atoms with Gasteiger partial charge >= 0.3 is 0 Å². The SMILES string of the molecule is O=c1ccc(C(=NOCc2ncon2)c2ccc(F)cc2Cl)cn1-c1c(Cl)cccc1Cl. The third-order valence-corrected chi connectivity index (χ3v) is 5.23. The number of hydrogen-bond acceptors (Lipinski definition) is 6. The Balaban J connectivity index is 1.83. The van der Waals surface area contributed by atoms with Gasteiger partial charge in [0.25, 0.3) is 5.56 Å². The molecule has 4 aromatic rings. The molecular weight excluding hydrogens is 482 g/mol. The van der Waals surface area contributed by atoms with Crippen molar-refractivity contribution in [1.82, 2.24) is 14.7 Å². The Labute approximate surface area is 195 Å². The molecule has 0 bridgehead atoms. The van der Waals surface area contributed by atoms with Crippen molar-refractivity contribution >= 4 is 40.5 Å². The van der Waals surface area contributed by atoms with Gasteiger partial charge < -0.3 is 9.36 Å². The third-order valence-electron chi connectivity index (χ3n) is 4.31. The van der Waals surface area contributed by atoms with Gasteiger partial charge in [-0.3, -0.25) is 9.36 Å². The summed E-state index contributed by atoms with van der Waals surface area (Å²) < 4.78 is 19.6. The first-order chi connectivity index (χ1) is 15.4. The van der Waals surface area contributed by atoms with Crippen molar-refractivity contribution in [3.8, 4) is 5.69 Å². The average Bonchev–Trinajstić information content (AvgIpc) is 3.27. The van der Waals surface area contributed by atoms with Gasteiger partial charge in [-0.2, -0.15) is 4.98 Å². The van der Waals surface area contributed by atoms with Gasteiger partial charge in [-0.05, 0) is 36.4 Å². The predicted octanol–water partition coefficient (Wildman–Crippen LogP) is 5.29. The van der Waals surface area contributed by atoms with E-state index in [1.165, 1.54) is 35.0 Å². The van der Waals surface area contributed by atoms with Crippen molar-refractivity contribution in [2.75, 3.05) is 0 Å². The van der Waals surface area contributed by atoms with E-state index in [2.05, 4.69) is 19.8 Å². The van der Waals surface area contributed by atoms with Gasteiger partial charge in [-0.25, -0.2) is 4.39 Å². The maximum Gasteiger partial charge on any atom is 0.255 e. The molecule has 0 amide bonds. The Morgan fingerprint density at radius 1 is 1.09 bits per heavy atom. The highest BCUT2D eigenvalue weighted by Gasteiger charge is 2.17. The van der Waals surface area contributed by atoms with Crippen LogP contribution in [0.3, 0.4) is 0 Å². The second kappa shape index (κ2) is 9.52. The van der Waals surface area contributed by atoms with Gasteiger partial charge in [-0.15, -0.1) is 0 Å². The summed E-state index contributed by atoms with van der Waals surface area (Å²) in [4.78, 5) is 21.8. The molecule has 2 aromatic carbocycles. The fraction of sp³-hybridized carbons (Fsp3) is 0.0476. The van der Waals surface area contributed by atoms with E-state index >= 15 is 0 Å². The minimum atomic E-state index is -0.515. The van der Waals surface area contributed by atoms with Crippen LogP contribution in [0.1, 0.15) is 17.0 Å². The van der Waals surface area contributed by atoms with Crippen molar-refractivity contribution < 1.29 is 13.8 Å². The molecule has 11 heteroatoms. The quantitative estimate of drug-likeness (QED) is 0.269. The summed E-state index contributed by atoms with van der Waals surface area (Å²) in [5.74, 6) is -0.246. The molecular formula is C21H12Cl3FN4O3. The Bertz CT molecular complexity index is 1340. The van der Waals surface area contributed by atoms with Gasteiger partial charge in [0.1, 0.15) is 11.5 Å². The summed E-state index contributed by atoms with van der Waals surface area (Å²) in [6.07, 6.45) is 2.65. The van der Waals surface area contributed by atoms with Crippen LogP contribution < -0.4 is 5.56 Å². The highest BCUT2D eigenvalue weighted by atomic mass is 35.5. The molecule has 162 valence electrons. The lowest BCUT2D eigenvalue weighted by atomic mass is 10.0. The molecule has 0 fully saturated rings. The lowest BCUT2D eigenvalue weighted by Crippen LogP contribution is -2.20. The smallest absolute Gasteiger partial charge is 0.255 e. The van der Waals surface area contributed by atoms with Crippen molar-refractivity contribution in [2.45, 2.75) is 6.61 Å². The van der Waals surface area contributed by atoms with Crippen molar-refractivity contribution in [3.63, 3.8) is 0 Å². The van der Waals surface area contributed by atoms with Gasteiger partial charge in [0.2, 0.25) is 12.2 Å². The monoisotopic (exact) mass is 492 g/mol. The van der Waals surface area contributed by atoms with Gasteiger partial charge in [0.05, 0.1) is 20.8 Å². The normalized spacial score (nSPS) is 11.6. The molecule has 4 rings (SSSR count). The van der Waals surface area contributed by atoms with Crippen LogP contribution >= 0.6 is 34.8 Å². The summed E-state index contributed by atoms with van der Waals surface area (Å²) in [7, 11) is 0. The molecule has 2 aromatic heterocycles. The van der Waals surface area contributed by atoms with Gasteiger partial charge in [0.15, 0.2) is 6.61 Å². The fourth-order valence-corrected chi connectivity index (χ4v) is 3.71. The van der Waals surface area contributed by atoms with Crippen LogP contribution in [0.2, 0.25) is 15.1 Å². The van der Waals surface area contributed by atoms with Crippen LogP contribution in [0.25, 0.3) is 5.69 Å². The zero-order chi connectivity index (χ0) is 22.7. The second-order valence-corrected chi connectivity index (χ2v) is 7.60. The van der Waals surface area contributed by atoms with E-state index in [-0.39, 0.29) is 38.8 Å². The van der Waals surface area contributed by atoms with Crippen LogP contribution in [-0.4, -0.2) is 20.4 Å². The van der Waals surface area contributed by atoms with Crippen molar-refractivity contribution in [3.05, 3.63) is 109 Å². The number of halogens is 4. The first-order valence-electron chi connectivity index (χ1n) is 9.02. The van der Waals surface area contributed by atoms with Crippen molar-refractivity contribution in [2.24, 2.45) is 5.16 Å². The van der Waals surface area contributed by atoms with Crippen LogP contribution in [0.5, 0.6) is 0 Å². The maximum atomic E-state index is 13.6. The molecule has 0 aliphatic carbocycles. The molecule has 0 N–H and O–H groups in total. The minimum absolute atomic E-state index is 0.0885. The number of rotatable bonds is 6. The largest absolute Gasteiger partial charge is 0.387 e. The van der Waals surface area contributed by atoms with E-state index in [0.717, 1.165) is 12.5 Å². The number of nitrogens with zero attached hydrogens (tertiary/aromatic N) is 4. The van der Waals surface area contributed by atoms with E-state index in [1.54, 1.807) is 18.2 Å². The molecule has 2 heterocycles. The number of benzene rings is 2. The molecule has 0 saturated heterocycles. The van der Waals surface area contributed by atoms with E-state index < -0.39 is 5.82 Å². The Kier molecular flexibility index (Phi) is 6.55.